The topological polar surface area (TPSA) is 0 Å². The summed E-state index contributed by atoms with van der Waals surface area (Å²) >= 11 is 3.57. The van der Waals surface area contributed by atoms with Gasteiger partial charge in [0.2, 0.25) is 0 Å². The van der Waals surface area contributed by atoms with Crippen LogP contribution < -0.4 is 0 Å². The summed E-state index contributed by atoms with van der Waals surface area (Å²) in [6, 6.07) is 2.15. The molecular weight excluding hydrogens is 184 g/mol. The lowest BCUT2D eigenvalue weighted by Gasteiger charge is -1.63. The molecule has 0 atom stereocenters. The maximum Gasteiger partial charge on any atom is 0.0449 e. The van der Waals surface area contributed by atoms with Crippen molar-refractivity contribution in [3.63, 3.8) is 0 Å². The minimum absolute atomic E-state index is 1.39. The van der Waals surface area contributed by atoms with Crippen molar-refractivity contribution in [3.8, 4) is 0 Å². The molecule has 0 unspecified atom stereocenters. The van der Waals surface area contributed by atoms with Gasteiger partial charge < -0.3 is 0 Å². The molecule has 0 N–H and O–H groups in total. The highest BCUT2D eigenvalue weighted by Crippen LogP contribution is 2.23. The third kappa shape index (κ3) is 2.95. The molecule has 0 spiro atoms. The fraction of sp³-hybridized carbons (Fsp3) is 0.400. The van der Waals surface area contributed by atoms with Crippen LogP contribution in [0.5, 0.6) is 0 Å². The van der Waals surface area contributed by atoms with Gasteiger partial charge in [-0.2, -0.15) is 11.3 Å². The predicted molar refractivity (Wildman–Crippen MR) is 62.4 cm³/mol. The summed E-state index contributed by atoms with van der Waals surface area (Å²) in [5.74, 6) is 0. The summed E-state index contributed by atoms with van der Waals surface area (Å²) in [7, 11) is 0. The van der Waals surface area contributed by atoms with Gasteiger partial charge in [-0.15, -0.1) is 11.3 Å². The van der Waals surface area contributed by atoms with E-state index < -0.39 is 0 Å². The molecule has 0 amide bonds. The van der Waals surface area contributed by atoms with Crippen molar-refractivity contribution in [2.75, 3.05) is 0 Å². The smallest absolute Gasteiger partial charge is 0.0449 e. The summed E-state index contributed by atoms with van der Waals surface area (Å²) in [5, 5.41) is 7.86. The first-order chi connectivity index (χ1) is 5.97. The van der Waals surface area contributed by atoms with Crippen molar-refractivity contribution in [2.45, 2.75) is 27.7 Å². The molecule has 0 nitrogen and oxygen atoms in total. The average molecular weight is 200 g/mol. The van der Waals surface area contributed by atoms with E-state index in [4.69, 9.17) is 0 Å². The molecule has 2 aromatic heterocycles. The van der Waals surface area contributed by atoms with Gasteiger partial charge in [-0.3, -0.25) is 0 Å². The fourth-order valence-corrected chi connectivity index (χ4v) is 2.46. The van der Waals surface area contributed by atoms with E-state index in [0.717, 1.165) is 0 Å². The van der Waals surface area contributed by atoms with Crippen LogP contribution in [0.4, 0.5) is 0 Å². The molecule has 0 aliphatic carbocycles. The van der Waals surface area contributed by atoms with Crippen LogP contribution in [0.25, 0.3) is 10.1 Å². The third-order valence-electron chi connectivity index (χ3n) is 1.10. The number of hydrogen-bond acceptors (Lipinski definition) is 2. The Bertz CT molecular complexity index is 229. The second-order valence-electron chi connectivity index (χ2n) is 1.61. The Labute approximate surface area is 82.9 Å². The van der Waals surface area contributed by atoms with E-state index in [1.54, 1.807) is 22.7 Å². The Balaban J connectivity index is 0.000000269. The summed E-state index contributed by atoms with van der Waals surface area (Å²) in [6.45, 7) is 8.00. The maximum atomic E-state index is 2.18. The first-order valence-corrected chi connectivity index (χ1v) is 6.18. The van der Waals surface area contributed by atoms with Crippen LogP contribution in [0.15, 0.2) is 22.2 Å². The SMILES string of the molecule is CC.CC.c1cc2cscc2s1. The zero-order valence-electron chi connectivity index (χ0n) is 8.13. The standard InChI is InChI=1S/C6H4S2.2C2H6/c1-2-8-6-4-7-3-5(1)6;2*1-2/h1-4H;2*1-2H3. The van der Waals surface area contributed by atoms with Gasteiger partial charge in [0, 0.05) is 15.5 Å². The Morgan fingerprint density at radius 1 is 1.00 bits per heavy atom. The van der Waals surface area contributed by atoms with Crippen LogP contribution >= 0.6 is 22.7 Å². The first kappa shape index (κ1) is 11.7. The van der Waals surface area contributed by atoms with Crippen molar-refractivity contribution < 1.29 is 0 Å². The van der Waals surface area contributed by atoms with E-state index in [1.165, 1.54) is 10.1 Å². The van der Waals surface area contributed by atoms with Gasteiger partial charge in [0.1, 0.15) is 0 Å². The van der Waals surface area contributed by atoms with Crippen molar-refractivity contribution in [1.29, 1.82) is 0 Å². The van der Waals surface area contributed by atoms with Crippen LogP contribution in [0.1, 0.15) is 27.7 Å². The lowest BCUT2D eigenvalue weighted by molar-refractivity contribution is 1.50. The maximum absolute atomic E-state index is 2.18. The minimum atomic E-state index is 1.39. The molecule has 0 radical (unpaired) electrons. The van der Waals surface area contributed by atoms with Gasteiger partial charge >= 0.3 is 0 Å². The number of fused-ring (bicyclic) bond motifs is 1. The van der Waals surface area contributed by atoms with Gasteiger partial charge in [-0.1, -0.05) is 27.7 Å². The van der Waals surface area contributed by atoms with Gasteiger partial charge in [0.05, 0.1) is 0 Å². The monoisotopic (exact) mass is 200 g/mol. The van der Waals surface area contributed by atoms with E-state index >= 15 is 0 Å². The van der Waals surface area contributed by atoms with Gasteiger partial charge in [-0.05, 0) is 16.8 Å². The Morgan fingerprint density at radius 2 is 1.67 bits per heavy atom. The molecule has 68 valence electrons. The highest BCUT2D eigenvalue weighted by molar-refractivity contribution is 7.21. The zero-order chi connectivity index (χ0) is 9.40. The van der Waals surface area contributed by atoms with E-state index in [-0.39, 0.29) is 0 Å². The molecule has 0 aromatic carbocycles. The Morgan fingerprint density at radius 3 is 2.25 bits per heavy atom. The van der Waals surface area contributed by atoms with Crippen LogP contribution in [0.2, 0.25) is 0 Å². The van der Waals surface area contributed by atoms with Gasteiger partial charge in [0.15, 0.2) is 0 Å². The predicted octanol–water partition coefficient (Wildman–Crippen LogP) is 5.02. The van der Waals surface area contributed by atoms with E-state index in [9.17, 15) is 0 Å². The fourth-order valence-electron chi connectivity index (χ4n) is 0.693. The highest BCUT2D eigenvalue weighted by Gasteiger charge is 1.90. The van der Waals surface area contributed by atoms with Crippen molar-refractivity contribution in [3.05, 3.63) is 22.2 Å². The van der Waals surface area contributed by atoms with E-state index in [1.807, 2.05) is 27.7 Å². The van der Waals surface area contributed by atoms with Crippen LogP contribution in [0, 0.1) is 0 Å². The van der Waals surface area contributed by atoms with Crippen molar-refractivity contribution in [2.24, 2.45) is 0 Å². The molecule has 0 bridgehead atoms. The molecule has 0 aliphatic rings. The van der Waals surface area contributed by atoms with Crippen LogP contribution in [-0.2, 0) is 0 Å². The molecule has 0 saturated heterocycles. The molecule has 12 heavy (non-hydrogen) atoms. The second-order valence-corrected chi connectivity index (χ2v) is 3.30. The molecule has 2 heterocycles. The molecular formula is C10H16S2. The summed E-state index contributed by atoms with van der Waals surface area (Å²) < 4.78 is 1.41. The molecule has 2 aromatic rings. The Kier molecular flexibility index (Phi) is 7.11. The summed E-state index contributed by atoms with van der Waals surface area (Å²) in [5.41, 5.74) is 0. The largest absolute Gasteiger partial charge is 0.150 e. The quantitative estimate of drug-likeness (QED) is 0.560. The van der Waals surface area contributed by atoms with Crippen molar-refractivity contribution in [1.82, 2.24) is 0 Å². The second kappa shape index (κ2) is 7.32. The van der Waals surface area contributed by atoms with E-state index in [2.05, 4.69) is 22.2 Å². The van der Waals surface area contributed by atoms with Crippen LogP contribution in [-0.4, -0.2) is 0 Å². The zero-order valence-corrected chi connectivity index (χ0v) is 9.76. The summed E-state index contributed by atoms with van der Waals surface area (Å²) in [4.78, 5) is 0. The number of thiophene rings is 2. The van der Waals surface area contributed by atoms with Crippen molar-refractivity contribution >= 4 is 32.8 Å². The normalized spacial score (nSPS) is 8.00. The lowest BCUT2D eigenvalue weighted by atomic mass is 10.4. The van der Waals surface area contributed by atoms with Gasteiger partial charge in [0.25, 0.3) is 0 Å². The van der Waals surface area contributed by atoms with Gasteiger partial charge in [-0.25, -0.2) is 0 Å². The van der Waals surface area contributed by atoms with Crippen LogP contribution in [0.3, 0.4) is 0 Å². The minimum Gasteiger partial charge on any atom is -0.150 e. The molecule has 2 rings (SSSR count). The number of hydrogen-bond donors (Lipinski definition) is 0. The highest BCUT2D eigenvalue weighted by atomic mass is 32.1. The third-order valence-corrected chi connectivity index (χ3v) is 2.89. The average Bonchev–Trinajstić information content (AvgIpc) is 2.72. The molecule has 0 saturated carbocycles. The molecule has 0 fully saturated rings. The first-order valence-electron chi connectivity index (χ1n) is 4.36. The lowest BCUT2D eigenvalue weighted by Crippen LogP contribution is -1.36. The molecule has 2 heteroatoms. The number of rotatable bonds is 0. The Hall–Kier alpha value is -0.340. The summed E-state index contributed by atoms with van der Waals surface area (Å²) in [6.07, 6.45) is 0. The van der Waals surface area contributed by atoms with E-state index in [0.29, 0.717) is 0 Å². The molecule has 0 aliphatic heterocycles.